The molecule has 1 amide bonds. The normalized spacial score (nSPS) is 10.7. The Hall–Kier alpha value is -3.75. The summed E-state index contributed by atoms with van der Waals surface area (Å²) in [6.07, 6.45) is 1.79. The number of carbonyl (C=O) groups excluding carboxylic acids is 1. The Labute approximate surface area is 166 Å². The summed E-state index contributed by atoms with van der Waals surface area (Å²) in [6, 6.07) is 12.3. The molecule has 0 bridgehead atoms. The third kappa shape index (κ3) is 4.95. The van der Waals surface area contributed by atoms with E-state index in [0.717, 1.165) is 5.56 Å². The zero-order valence-corrected chi connectivity index (χ0v) is 15.9. The van der Waals surface area contributed by atoms with E-state index in [9.17, 15) is 14.4 Å². The van der Waals surface area contributed by atoms with Gasteiger partial charge in [-0.15, -0.1) is 0 Å². The van der Waals surface area contributed by atoms with Gasteiger partial charge in [-0.25, -0.2) is 9.78 Å². The van der Waals surface area contributed by atoms with Gasteiger partial charge in [0.1, 0.15) is 0 Å². The predicted molar refractivity (Wildman–Crippen MR) is 105 cm³/mol. The van der Waals surface area contributed by atoms with Crippen LogP contribution < -0.4 is 5.56 Å². The first-order valence-electron chi connectivity index (χ1n) is 9.11. The van der Waals surface area contributed by atoms with Crippen molar-refractivity contribution in [3.63, 3.8) is 0 Å². The molecule has 2 heterocycles. The number of aromatic nitrogens is 4. The zero-order chi connectivity index (χ0) is 20.8. The summed E-state index contributed by atoms with van der Waals surface area (Å²) in [5.74, 6) is -0.751. The SMILES string of the molecule is Cc1c(C(=O)N(CCCC(=O)O)Cc2ccccc2)cnn1-c1ccc(=O)[nH]n1. The van der Waals surface area contributed by atoms with Crippen molar-refractivity contribution in [2.45, 2.75) is 26.3 Å². The maximum Gasteiger partial charge on any atom is 0.303 e. The number of H-pyrrole nitrogens is 1. The summed E-state index contributed by atoms with van der Waals surface area (Å²) >= 11 is 0. The summed E-state index contributed by atoms with van der Waals surface area (Å²) in [5, 5.41) is 19.4. The number of aliphatic carboxylic acids is 1. The predicted octanol–water partition coefficient (Wildman–Crippen LogP) is 1.77. The van der Waals surface area contributed by atoms with Crippen LogP contribution in [-0.2, 0) is 11.3 Å². The second-order valence-corrected chi connectivity index (χ2v) is 6.54. The third-order valence-electron chi connectivity index (χ3n) is 4.44. The number of carboxylic acids is 1. The van der Waals surface area contributed by atoms with Crippen molar-refractivity contribution in [3.8, 4) is 5.82 Å². The van der Waals surface area contributed by atoms with Crippen LogP contribution in [0, 0.1) is 6.92 Å². The Morgan fingerprint density at radius 1 is 1.17 bits per heavy atom. The Kier molecular flexibility index (Phi) is 6.18. The van der Waals surface area contributed by atoms with Gasteiger partial charge in [0.2, 0.25) is 0 Å². The molecule has 0 aliphatic heterocycles. The summed E-state index contributed by atoms with van der Waals surface area (Å²) < 4.78 is 1.47. The lowest BCUT2D eigenvalue weighted by Crippen LogP contribution is -2.32. The third-order valence-corrected chi connectivity index (χ3v) is 4.44. The highest BCUT2D eigenvalue weighted by molar-refractivity contribution is 5.95. The van der Waals surface area contributed by atoms with Crippen molar-refractivity contribution >= 4 is 11.9 Å². The average Bonchev–Trinajstić information content (AvgIpc) is 3.09. The van der Waals surface area contributed by atoms with Crippen molar-refractivity contribution in [3.05, 3.63) is 75.8 Å². The number of nitrogens with one attached hydrogen (secondary N) is 1. The number of carbonyl (C=O) groups is 2. The number of hydrogen-bond donors (Lipinski definition) is 2. The Morgan fingerprint density at radius 2 is 1.93 bits per heavy atom. The second-order valence-electron chi connectivity index (χ2n) is 6.54. The van der Waals surface area contributed by atoms with E-state index < -0.39 is 5.97 Å². The highest BCUT2D eigenvalue weighted by atomic mass is 16.4. The summed E-state index contributed by atoms with van der Waals surface area (Å²) in [7, 11) is 0. The maximum absolute atomic E-state index is 13.2. The average molecular weight is 395 g/mol. The molecule has 150 valence electrons. The Balaban J connectivity index is 1.85. The number of hydrogen-bond acceptors (Lipinski definition) is 5. The number of benzene rings is 1. The zero-order valence-electron chi connectivity index (χ0n) is 15.9. The van der Waals surface area contributed by atoms with Gasteiger partial charge >= 0.3 is 5.97 Å². The topological polar surface area (TPSA) is 121 Å². The molecule has 2 N–H and O–H groups in total. The molecule has 29 heavy (non-hydrogen) atoms. The number of nitrogens with zero attached hydrogens (tertiary/aromatic N) is 4. The molecule has 0 fully saturated rings. The quantitative estimate of drug-likeness (QED) is 0.600. The number of carboxylic acid groups (broad SMARTS) is 1. The largest absolute Gasteiger partial charge is 0.481 e. The minimum atomic E-state index is -0.898. The molecule has 3 rings (SSSR count). The molecular weight excluding hydrogens is 374 g/mol. The van der Waals surface area contributed by atoms with Crippen molar-refractivity contribution in [1.82, 2.24) is 24.9 Å². The van der Waals surface area contributed by atoms with E-state index in [1.54, 1.807) is 11.8 Å². The van der Waals surface area contributed by atoms with Crippen LogP contribution in [0.1, 0.15) is 34.5 Å². The van der Waals surface area contributed by atoms with Gasteiger partial charge in [-0.3, -0.25) is 14.4 Å². The standard InChI is InChI=1S/C20H21N5O4/c1-14-16(12-21-25(14)17-9-10-18(26)23-22-17)20(29)24(11-5-8-19(27)28)13-15-6-3-2-4-7-15/h2-4,6-7,9-10,12H,5,8,11,13H2,1H3,(H,23,26)(H,27,28). The van der Waals surface area contributed by atoms with E-state index in [0.29, 0.717) is 36.6 Å². The van der Waals surface area contributed by atoms with Crippen LogP contribution in [0.5, 0.6) is 0 Å². The van der Waals surface area contributed by atoms with E-state index in [1.165, 1.54) is 23.0 Å². The van der Waals surface area contributed by atoms with Gasteiger partial charge in [-0.05, 0) is 25.0 Å². The van der Waals surface area contributed by atoms with Crippen LogP contribution in [0.25, 0.3) is 5.82 Å². The molecule has 0 unspecified atom stereocenters. The van der Waals surface area contributed by atoms with Gasteiger partial charge < -0.3 is 10.0 Å². The van der Waals surface area contributed by atoms with Crippen LogP contribution >= 0.6 is 0 Å². The second kappa shape index (κ2) is 8.96. The minimum absolute atomic E-state index is 0.0158. The molecule has 0 aliphatic carbocycles. The monoisotopic (exact) mass is 395 g/mol. The van der Waals surface area contributed by atoms with E-state index in [-0.39, 0.29) is 17.9 Å². The highest BCUT2D eigenvalue weighted by Gasteiger charge is 2.22. The Bertz CT molecular complexity index is 1040. The molecule has 0 aliphatic rings. The van der Waals surface area contributed by atoms with Gasteiger partial charge in [0.05, 0.1) is 17.5 Å². The van der Waals surface area contributed by atoms with Crippen molar-refractivity contribution in [1.29, 1.82) is 0 Å². The Morgan fingerprint density at radius 3 is 2.59 bits per heavy atom. The fourth-order valence-corrected chi connectivity index (χ4v) is 2.95. The number of amides is 1. The number of rotatable bonds is 8. The van der Waals surface area contributed by atoms with Crippen LogP contribution in [-0.4, -0.2) is 48.4 Å². The molecule has 0 radical (unpaired) electrons. The van der Waals surface area contributed by atoms with Crippen LogP contribution in [0.4, 0.5) is 0 Å². The minimum Gasteiger partial charge on any atom is -0.481 e. The first kappa shape index (κ1) is 20.0. The van der Waals surface area contributed by atoms with Crippen molar-refractivity contribution < 1.29 is 14.7 Å². The first-order valence-corrected chi connectivity index (χ1v) is 9.11. The smallest absolute Gasteiger partial charge is 0.303 e. The van der Waals surface area contributed by atoms with Crippen molar-refractivity contribution in [2.75, 3.05) is 6.54 Å². The van der Waals surface area contributed by atoms with Crippen molar-refractivity contribution in [2.24, 2.45) is 0 Å². The molecule has 3 aromatic rings. The van der Waals surface area contributed by atoms with E-state index in [4.69, 9.17) is 5.11 Å². The van der Waals surface area contributed by atoms with E-state index in [2.05, 4.69) is 15.3 Å². The van der Waals surface area contributed by atoms with E-state index in [1.807, 2.05) is 30.3 Å². The number of aromatic amines is 1. The molecule has 9 heteroatoms. The summed E-state index contributed by atoms with van der Waals surface area (Å²) in [4.78, 5) is 36.9. The van der Waals surface area contributed by atoms with Gasteiger partial charge in [-0.2, -0.15) is 10.2 Å². The molecule has 9 nitrogen and oxygen atoms in total. The first-order chi connectivity index (χ1) is 14.0. The lowest BCUT2D eigenvalue weighted by molar-refractivity contribution is -0.137. The summed E-state index contributed by atoms with van der Waals surface area (Å²) in [6.45, 7) is 2.41. The van der Waals surface area contributed by atoms with Crippen LogP contribution in [0.3, 0.4) is 0 Å². The molecule has 0 atom stereocenters. The fourth-order valence-electron chi connectivity index (χ4n) is 2.95. The maximum atomic E-state index is 13.2. The lowest BCUT2D eigenvalue weighted by atomic mass is 10.1. The molecular formula is C20H21N5O4. The molecule has 0 saturated heterocycles. The fraction of sp³-hybridized carbons (Fsp3) is 0.250. The lowest BCUT2D eigenvalue weighted by Gasteiger charge is -2.22. The molecule has 1 aromatic carbocycles. The van der Waals surface area contributed by atoms with Gasteiger partial charge in [0.25, 0.3) is 11.5 Å². The van der Waals surface area contributed by atoms with Crippen LogP contribution in [0.2, 0.25) is 0 Å². The molecule has 0 saturated carbocycles. The molecule has 0 spiro atoms. The summed E-state index contributed by atoms with van der Waals surface area (Å²) in [5.41, 5.74) is 1.58. The van der Waals surface area contributed by atoms with Gasteiger partial charge in [0.15, 0.2) is 5.82 Å². The highest BCUT2D eigenvalue weighted by Crippen LogP contribution is 2.16. The molecule has 2 aromatic heterocycles. The van der Waals surface area contributed by atoms with Crippen LogP contribution in [0.15, 0.2) is 53.5 Å². The van der Waals surface area contributed by atoms with Gasteiger partial charge in [0, 0.05) is 25.6 Å². The van der Waals surface area contributed by atoms with E-state index >= 15 is 0 Å². The van der Waals surface area contributed by atoms with Gasteiger partial charge in [-0.1, -0.05) is 30.3 Å².